The van der Waals surface area contributed by atoms with E-state index in [1.54, 1.807) is 0 Å². The van der Waals surface area contributed by atoms with Crippen molar-refractivity contribution in [3.63, 3.8) is 0 Å². The van der Waals surface area contributed by atoms with Gasteiger partial charge in [-0.2, -0.15) is 0 Å². The van der Waals surface area contributed by atoms with Gasteiger partial charge in [0.15, 0.2) is 0 Å². The summed E-state index contributed by atoms with van der Waals surface area (Å²) in [7, 11) is 0. The maximum Gasteiger partial charge on any atom is 0.0716 e. The molecule has 58 heavy (non-hydrogen) atoms. The largest absolute Gasteiger partial charge is 0.334 e. The minimum atomic E-state index is 0.156. The van der Waals surface area contributed by atoms with Crippen LogP contribution in [0.5, 0.6) is 0 Å². The van der Waals surface area contributed by atoms with Crippen LogP contribution >= 0.6 is 0 Å². The fraction of sp³-hybridized carbons (Fsp3) is 0.0370. The first-order valence-corrected chi connectivity index (χ1v) is 19.8. The fourth-order valence-electron chi connectivity index (χ4n) is 8.91. The Morgan fingerprint density at radius 3 is 1.90 bits per heavy atom. The zero-order valence-corrected chi connectivity index (χ0v) is 32.0. The molecule has 0 spiro atoms. The lowest BCUT2D eigenvalue weighted by atomic mass is 9.93. The van der Waals surface area contributed by atoms with Crippen molar-refractivity contribution in [2.75, 3.05) is 0 Å². The van der Waals surface area contributed by atoms with Crippen molar-refractivity contribution in [3.05, 3.63) is 201 Å². The lowest BCUT2D eigenvalue weighted by Crippen LogP contribution is -2.00. The van der Waals surface area contributed by atoms with E-state index in [1.165, 1.54) is 49.2 Å². The third-order valence-corrected chi connectivity index (χ3v) is 11.8. The van der Waals surface area contributed by atoms with Gasteiger partial charge in [0.2, 0.25) is 0 Å². The molecule has 0 saturated carbocycles. The van der Waals surface area contributed by atoms with Gasteiger partial charge in [0.05, 0.1) is 22.2 Å². The molecule has 0 aliphatic heterocycles. The maximum atomic E-state index is 5.38. The van der Waals surface area contributed by atoms with E-state index in [9.17, 15) is 0 Å². The smallest absolute Gasteiger partial charge is 0.0716 e. The third kappa shape index (κ3) is 5.45. The van der Waals surface area contributed by atoms with E-state index < -0.39 is 0 Å². The van der Waals surface area contributed by atoms with Crippen LogP contribution in [0.4, 0.5) is 0 Å². The maximum absolute atomic E-state index is 5.38. The first-order chi connectivity index (χ1) is 28.6. The number of fused-ring (bicyclic) bond motifs is 7. The summed E-state index contributed by atoms with van der Waals surface area (Å²) in [6.07, 6.45) is 5.75. The molecule has 0 saturated heterocycles. The molecular weight excluding hydrogens is 705 g/mol. The van der Waals surface area contributed by atoms with E-state index in [0.29, 0.717) is 0 Å². The van der Waals surface area contributed by atoms with Crippen molar-refractivity contribution in [2.45, 2.75) is 13.0 Å². The van der Waals surface area contributed by atoms with Gasteiger partial charge in [-0.15, -0.1) is 6.58 Å². The van der Waals surface area contributed by atoms with E-state index in [2.05, 4.69) is 197 Å². The highest BCUT2D eigenvalue weighted by Gasteiger charge is 2.18. The van der Waals surface area contributed by atoms with E-state index in [-0.39, 0.29) is 6.04 Å². The summed E-state index contributed by atoms with van der Waals surface area (Å²) in [5.41, 5.74) is 15.7. The monoisotopic (exact) mass is 742 g/mol. The molecule has 1 unspecified atom stereocenters. The summed E-state index contributed by atoms with van der Waals surface area (Å²) in [4.78, 5) is 9.80. The first kappa shape index (κ1) is 33.8. The summed E-state index contributed by atoms with van der Waals surface area (Å²) in [6.45, 7) is 6.31. The third-order valence-electron chi connectivity index (χ3n) is 11.8. The van der Waals surface area contributed by atoms with Crippen LogP contribution in [0.2, 0.25) is 0 Å². The van der Waals surface area contributed by atoms with Crippen LogP contribution in [-0.4, -0.2) is 19.1 Å². The number of aromatic nitrogens is 4. The molecule has 0 bridgehead atoms. The molecule has 4 nitrogen and oxygen atoms in total. The number of para-hydroxylation sites is 3. The van der Waals surface area contributed by atoms with E-state index in [0.717, 1.165) is 55.7 Å². The van der Waals surface area contributed by atoms with Crippen molar-refractivity contribution in [1.29, 1.82) is 0 Å². The van der Waals surface area contributed by atoms with Crippen molar-refractivity contribution in [1.82, 2.24) is 19.1 Å². The lowest BCUT2D eigenvalue weighted by Gasteiger charge is -2.14. The Hall–Kier alpha value is -7.56. The molecule has 1 atom stereocenters. The number of benzene rings is 7. The lowest BCUT2D eigenvalue weighted by molar-refractivity contribution is 0.712. The van der Waals surface area contributed by atoms with Gasteiger partial charge in [0, 0.05) is 73.2 Å². The van der Waals surface area contributed by atoms with Gasteiger partial charge >= 0.3 is 0 Å². The molecule has 0 aliphatic carbocycles. The van der Waals surface area contributed by atoms with Gasteiger partial charge in [-0.1, -0.05) is 103 Å². The average Bonchev–Trinajstić information content (AvgIpc) is 3.81. The Labute approximate surface area is 336 Å². The first-order valence-electron chi connectivity index (χ1n) is 19.8. The van der Waals surface area contributed by atoms with E-state index in [1.807, 2.05) is 24.5 Å². The van der Waals surface area contributed by atoms with E-state index in [4.69, 9.17) is 4.98 Å². The molecule has 0 radical (unpaired) electrons. The molecular formula is C54H38N4. The molecule has 11 aromatic rings. The minimum absolute atomic E-state index is 0.156. The molecule has 11 rings (SSSR count). The van der Waals surface area contributed by atoms with Crippen molar-refractivity contribution >= 4 is 54.5 Å². The summed E-state index contributed by atoms with van der Waals surface area (Å²) in [5.74, 6) is 0. The second-order valence-electron chi connectivity index (χ2n) is 15.1. The number of nitrogens with zero attached hydrogens (tertiary/aromatic N) is 4. The Balaban J connectivity index is 1.11. The molecule has 0 aliphatic rings. The number of rotatable bonds is 7. The molecule has 4 heteroatoms. The number of hydrogen-bond acceptors (Lipinski definition) is 2. The second-order valence-corrected chi connectivity index (χ2v) is 15.1. The predicted octanol–water partition coefficient (Wildman–Crippen LogP) is 14.2. The van der Waals surface area contributed by atoms with Gasteiger partial charge in [-0.05, 0) is 114 Å². The Morgan fingerprint density at radius 1 is 0.483 bits per heavy atom. The SMILES string of the molecule is C=CC(C)n1c2ccccc2c2cc(-c3cc(-c4cccc(-c5cccnc5)c4)c4cc(-c5ccc6c(c5)c5ccccc5n6-c5ccccc5)ccc4n3)ccc21. The quantitative estimate of drug-likeness (QED) is 0.152. The highest BCUT2D eigenvalue weighted by Crippen LogP contribution is 2.40. The topological polar surface area (TPSA) is 35.6 Å². The highest BCUT2D eigenvalue weighted by molar-refractivity contribution is 6.12. The average molecular weight is 743 g/mol. The van der Waals surface area contributed by atoms with Crippen molar-refractivity contribution < 1.29 is 0 Å². The van der Waals surface area contributed by atoms with E-state index >= 15 is 0 Å². The standard InChI is InChI=1S/C54H38N4/c1-3-35(2)57-51-20-9-7-18-43(51)48-32-40(24-27-53(48)57)50-33-45(39-14-11-13-36(29-39)41-15-12-28-55-34-41)46-30-37(22-25-49(46)56-50)38-23-26-54-47(31-38)44-19-8-10-21-52(44)58(54)42-16-5-4-6-17-42/h3-35H,1H2,2H3. The van der Waals surface area contributed by atoms with Crippen molar-refractivity contribution in [2.24, 2.45) is 0 Å². The van der Waals surface area contributed by atoms with Crippen LogP contribution in [0.15, 0.2) is 201 Å². The summed E-state index contributed by atoms with van der Waals surface area (Å²) in [5, 5.41) is 6.01. The fourth-order valence-corrected chi connectivity index (χ4v) is 8.91. The molecule has 4 aromatic heterocycles. The van der Waals surface area contributed by atoms with Gasteiger partial charge in [-0.25, -0.2) is 4.98 Å². The second kappa shape index (κ2) is 13.6. The molecule has 4 heterocycles. The molecule has 0 fully saturated rings. The number of allylic oxidation sites excluding steroid dienone is 1. The van der Waals surface area contributed by atoms with Gasteiger partial charge in [-0.3, -0.25) is 4.98 Å². The van der Waals surface area contributed by atoms with Gasteiger partial charge in [0.1, 0.15) is 0 Å². The van der Waals surface area contributed by atoms with Crippen LogP contribution in [0.25, 0.3) is 105 Å². The van der Waals surface area contributed by atoms with Gasteiger partial charge < -0.3 is 9.13 Å². The van der Waals surface area contributed by atoms with Crippen molar-refractivity contribution in [3.8, 4) is 50.3 Å². The summed E-state index contributed by atoms with van der Waals surface area (Å²) >= 11 is 0. The van der Waals surface area contributed by atoms with Crippen LogP contribution in [0.3, 0.4) is 0 Å². The normalized spacial score (nSPS) is 12.2. The van der Waals surface area contributed by atoms with Crippen LogP contribution < -0.4 is 0 Å². The van der Waals surface area contributed by atoms with Gasteiger partial charge in [0.25, 0.3) is 0 Å². The summed E-state index contributed by atoms with van der Waals surface area (Å²) in [6, 6.07) is 63.7. The highest BCUT2D eigenvalue weighted by atomic mass is 15.0. The van der Waals surface area contributed by atoms with Crippen LogP contribution in [-0.2, 0) is 0 Å². The predicted molar refractivity (Wildman–Crippen MR) is 244 cm³/mol. The van der Waals surface area contributed by atoms with Crippen LogP contribution in [0.1, 0.15) is 13.0 Å². The number of hydrogen-bond donors (Lipinski definition) is 0. The Morgan fingerprint density at radius 2 is 1.09 bits per heavy atom. The minimum Gasteiger partial charge on any atom is -0.334 e. The zero-order chi connectivity index (χ0) is 38.7. The molecule has 7 aromatic carbocycles. The number of pyridine rings is 2. The molecule has 274 valence electrons. The van der Waals surface area contributed by atoms with Crippen LogP contribution in [0, 0.1) is 0 Å². The Kier molecular flexibility index (Phi) is 7.90. The molecule has 0 amide bonds. The summed E-state index contributed by atoms with van der Waals surface area (Å²) < 4.78 is 4.74. The Bertz CT molecular complexity index is 3370. The zero-order valence-electron chi connectivity index (χ0n) is 32.0. The molecule has 0 N–H and O–H groups in total.